The fourth-order valence-corrected chi connectivity index (χ4v) is 6.90. The Labute approximate surface area is 258 Å². The van der Waals surface area contributed by atoms with Crippen molar-refractivity contribution in [2.24, 2.45) is 0 Å². The van der Waals surface area contributed by atoms with Crippen LogP contribution < -0.4 is 14.4 Å². The van der Waals surface area contributed by atoms with Crippen LogP contribution >= 0.6 is 0 Å². The number of anilines is 2. The summed E-state index contributed by atoms with van der Waals surface area (Å²) >= 11 is 0. The van der Waals surface area contributed by atoms with Crippen molar-refractivity contribution in [1.29, 1.82) is 0 Å². The first kappa shape index (κ1) is 30.7. The maximum atomic E-state index is 13.3. The number of nitrogens with one attached hydrogen (secondary N) is 1. The molecule has 0 radical (unpaired) electrons. The molecule has 0 unspecified atom stereocenters. The number of pyridine rings is 3. The van der Waals surface area contributed by atoms with Gasteiger partial charge in [0, 0.05) is 42.5 Å². The predicted molar refractivity (Wildman–Crippen MR) is 163 cm³/mol. The highest BCUT2D eigenvalue weighted by molar-refractivity contribution is 7.92. The largest absolute Gasteiger partial charge is 0.476 e. The van der Waals surface area contributed by atoms with E-state index < -0.39 is 32.2 Å². The highest BCUT2D eigenvalue weighted by Gasteiger charge is 2.54. The lowest BCUT2D eigenvalue weighted by Crippen LogP contribution is -2.43. The first-order valence-electron chi connectivity index (χ1n) is 14.4. The summed E-state index contributed by atoms with van der Waals surface area (Å²) in [6, 6.07) is 8.64. The number of amides is 1. The zero-order valence-electron chi connectivity index (χ0n) is 24.8. The van der Waals surface area contributed by atoms with E-state index in [1.807, 2.05) is 37.2 Å². The van der Waals surface area contributed by atoms with Gasteiger partial charge in [0.1, 0.15) is 16.3 Å². The van der Waals surface area contributed by atoms with Crippen LogP contribution in [-0.2, 0) is 26.4 Å². The summed E-state index contributed by atoms with van der Waals surface area (Å²) in [5.74, 6) is 0.0836. The van der Waals surface area contributed by atoms with Crippen molar-refractivity contribution >= 4 is 38.2 Å². The second kappa shape index (κ2) is 11.2. The Bertz CT molecular complexity index is 1890. The monoisotopic (exact) mass is 640 g/mol. The molecule has 0 saturated heterocycles. The average molecular weight is 641 g/mol. The second-order valence-corrected chi connectivity index (χ2v) is 13.3. The van der Waals surface area contributed by atoms with Crippen LogP contribution in [0.2, 0.25) is 0 Å². The van der Waals surface area contributed by atoms with Gasteiger partial charge in [0.15, 0.2) is 0 Å². The molecule has 10 nitrogen and oxygen atoms in total. The molecule has 236 valence electrons. The van der Waals surface area contributed by atoms with Crippen LogP contribution in [0.4, 0.5) is 24.5 Å². The molecular formula is C31H31F3N6O4S. The number of nitrogens with zero attached hydrogens (tertiary/aromatic N) is 5. The fraction of sp³-hybridized carbons (Fsp3) is 0.355. The molecule has 1 aromatic carbocycles. The summed E-state index contributed by atoms with van der Waals surface area (Å²) in [4.78, 5) is 28.7. The Hall–Kier alpha value is -4.30. The van der Waals surface area contributed by atoms with Crippen LogP contribution in [0.5, 0.6) is 5.88 Å². The van der Waals surface area contributed by atoms with Gasteiger partial charge in [-0.2, -0.15) is 13.2 Å². The van der Waals surface area contributed by atoms with E-state index in [-0.39, 0.29) is 24.1 Å². The maximum Gasteiger partial charge on any atom is 0.433 e. The molecule has 4 heterocycles. The standard InChI is InChI=1S/C31H31F3N6O4S/c1-39(2)12-5-13-44-28-24(38-45(42,43)21-7-9-26(36-17-21)31(32,33)34)15-20(16-37-28)19-6-8-23-22(14-19)27-25(18-35-23)40(3)29(41)30(27)10-4-11-30/h6-9,14-18,38H,4-5,10-13H2,1-3H3. The number of carbonyl (C=O) groups is 1. The van der Waals surface area contributed by atoms with Gasteiger partial charge in [-0.15, -0.1) is 0 Å². The van der Waals surface area contributed by atoms with E-state index in [1.165, 1.54) is 0 Å². The number of alkyl halides is 3. The number of ether oxygens (including phenoxy) is 1. The molecule has 1 fully saturated rings. The number of carbonyl (C=O) groups excluding carboxylic acids is 1. The smallest absolute Gasteiger partial charge is 0.433 e. The van der Waals surface area contributed by atoms with Gasteiger partial charge in [-0.3, -0.25) is 19.5 Å². The number of likely N-dealkylation sites (N-methyl/N-ethyl adjacent to an activating group) is 1. The second-order valence-electron chi connectivity index (χ2n) is 11.6. The van der Waals surface area contributed by atoms with E-state index in [0.29, 0.717) is 29.8 Å². The normalized spacial score (nSPS) is 15.9. The molecule has 1 N–H and O–H groups in total. The van der Waals surface area contributed by atoms with Crippen molar-refractivity contribution < 1.29 is 31.1 Å². The SMILES string of the molecule is CN(C)CCCOc1ncc(-c2ccc3ncc4c(c3c2)C2(CCC2)C(=O)N4C)cc1NS(=O)(=O)c1ccc(C(F)(F)F)nc1. The summed E-state index contributed by atoms with van der Waals surface area (Å²) in [6.45, 7) is 0.976. The summed E-state index contributed by atoms with van der Waals surface area (Å²) in [7, 11) is 1.23. The third-order valence-corrected chi connectivity index (χ3v) is 9.71. The van der Waals surface area contributed by atoms with Crippen LogP contribution in [0.25, 0.3) is 22.0 Å². The van der Waals surface area contributed by atoms with Crippen LogP contribution in [0.1, 0.15) is 36.9 Å². The van der Waals surface area contributed by atoms with Crippen LogP contribution in [0.15, 0.2) is 59.9 Å². The molecule has 1 saturated carbocycles. The highest BCUT2D eigenvalue weighted by atomic mass is 32.2. The third kappa shape index (κ3) is 5.56. The minimum atomic E-state index is -4.71. The zero-order chi connectivity index (χ0) is 32.1. The van der Waals surface area contributed by atoms with Crippen LogP contribution in [0, 0.1) is 0 Å². The first-order chi connectivity index (χ1) is 21.3. The third-order valence-electron chi connectivity index (χ3n) is 8.36. The van der Waals surface area contributed by atoms with E-state index in [2.05, 4.69) is 19.7 Å². The number of rotatable bonds is 9. The fourth-order valence-electron chi connectivity index (χ4n) is 5.91. The molecule has 3 aromatic heterocycles. The Balaban J connectivity index is 1.39. The molecule has 6 rings (SSSR count). The van der Waals surface area contributed by atoms with E-state index in [0.717, 1.165) is 54.0 Å². The number of aromatic nitrogens is 3. The summed E-state index contributed by atoms with van der Waals surface area (Å²) in [6.07, 6.45) is 2.37. The molecule has 4 aromatic rings. The van der Waals surface area contributed by atoms with Gasteiger partial charge in [0.2, 0.25) is 11.8 Å². The predicted octanol–water partition coefficient (Wildman–Crippen LogP) is 5.24. The summed E-state index contributed by atoms with van der Waals surface area (Å²) in [5.41, 5.74) is 1.97. The lowest BCUT2D eigenvalue weighted by molar-refractivity contribution is -0.141. The lowest BCUT2D eigenvalue weighted by Gasteiger charge is -2.37. The Kier molecular flexibility index (Phi) is 7.68. The van der Waals surface area contributed by atoms with E-state index in [1.54, 1.807) is 30.4 Å². The van der Waals surface area contributed by atoms with Gasteiger partial charge in [0.05, 0.1) is 29.4 Å². The topological polar surface area (TPSA) is 118 Å². The number of halogens is 3. The number of hydrogen-bond donors (Lipinski definition) is 1. The molecular weight excluding hydrogens is 609 g/mol. The molecule has 1 spiro atoms. The minimum Gasteiger partial charge on any atom is -0.476 e. The number of fused-ring (bicyclic) bond motifs is 4. The Morgan fingerprint density at radius 3 is 2.44 bits per heavy atom. The van der Waals surface area contributed by atoms with Crippen molar-refractivity contribution in [3.8, 4) is 17.0 Å². The average Bonchev–Trinajstić information content (AvgIpc) is 3.22. The van der Waals surface area contributed by atoms with Gasteiger partial charge in [-0.1, -0.05) is 12.5 Å². The van der Waals surface area contributed by atoms with Gasteiger partial charge in [-0.05, 0) is 69.3 Å². The van der Waals surface area contributed by atoms with Crippen molar-refractivity contribution in [1.82, 2.24) is 19.9 Å². The number of hydrogen-bond acceptors (Lipinski definition) is 8. The number of benzene rings is 1. The Morgan fingerprint density at radius 2 is 1.80 bits per heavy atom. The zero-order valence-corrected chi connectivity index (χ0v) is 25.7. The molecule has 45 heavy (non-hydrogen) atoms. The molecule has 1 aliphatic carbocycles. The van der Waals surface area contributed by atoms with Gasteiger partial charge < -0.3 is 14.5 Å². The maximum absolute atomic E-state index is 13.3. The van der Waals surface area contributed by atoms with Crippen LogP contribution in [-0.4, -0.2) is 68.5 Å². The van der Waals surface area contributed by atoms with Crippen LogP contribution in [0.3, 0.4) is 0 Å². The summed E-state index contributed by atoms with van der Waals surface area (Å²) < 4.78 is 73.9. The van der Waals surface area contributed by atoms with Gasteiger partial charge >= 0.3 is 6.18 Å². The van der Waals surface area contributed by atoms with Crippen molar-refractivity contribution in [2.45, 2.75) is 42.2 Å². The van der Waals surface area contributed by atoms with Crippen molar-refractivity contribution in [2.75, 3.05) is 43.9 Å². The van der Waals surface area contributed by atoms with Crippen molar-refractivity contribution in [3.05, 3.63) is 66.2 Å². The highest BCUT2D eigenvalue weighted by Crippen LogP contribution is 2.55. The molecule has 1 aliphatic heterocycles. The molecule has 1 amide bonds. The minimum absolute atomic E-state index is 0.0131. The molecule has 0 atom stereocenters. The molecule has 14 heteroatoms. The lowest BCUT2D eigenvalue weighted by atomic mass is 9.64. The molecule has 2 aliphatic rings. The van der Waals surface area contributed by atoms with E-state index in [4.69, 9.17) is 4.74 Å². The molecule has 0 bridgehead atoms. The summed E-state index contributed by atoms with van der Waals surface area (Å²) in [5, 5.41) is 0.837. The van der Waals surface area contributed by atoms with E-state index >= 15 is 0 Å². The van der Waals surface area contributed by atoms with Gasteiger partial charge in [-0.25, -0.2) is 13.4 Å². The first-order valence-corrected chi connectivity index (χ1v) is 15.8. The number of sulfonamides is 1. The van der Waals surface area contributed by atoms with Crippen molar-refractivity contribution in [3.63, 3.8) is 0 Å². The van der Waals surface area contributed by atoms with Gasteiger partial charge in [0.25, 0.3) is 10.0 Å². The van der Waals surface area contributed by atoms with E-state index in [9.17, 15) is 26.4 Å². The Morgan fingerprint density at radius 1 is 1.02 bits per heavy atom. The quantitative estimate of drug-likeness (QED) is 0.247.